The summed E-state index contributed by atoms with van der Waals surface area (Å²) in [5.74, 6) is 0.0559. The van der Waals surface area contributed by atoms with Crippen molar-refractivity contribution in [3.8, 4) is 0 Å². The number of thioether (sulfide) groups is 1. The number of hydrogen-bond donors (Lipinski definition) is 2. The zero-order valence-corrected chi connectivity index (χ0v) is 11.8. The van der Waals surface area contributed by atoms with Crippen molar-refractivity contribution in [1.82, 2.24) is 5.32 Å². The van der Waals surface area contributed by atoms with Crippen LogP contribution >= 0.6 is 11.8 Å². The molecule has 0 bridgehead atoms. The molecule has 3 nitrogen and oxygen atoms in total. The molecule has 0 unspecified atom stereocenters. The number of nitrogens with two attached hydrogens (primary N) is 1. The minimum atomic E-state index is -0.540. The lowest BCUT2D eigenvalue weighted by molar-refractivity contribution is -0.132. The van der Waals surface area contributed by atoms with E-state index in [-0.39, 0.29) is 5.91 Å². The molecule has 1 rings (SSSR count). The van der Waals surface area contributed by atoms with Gasteiger partial charge in [-0.1, -0.05) is 0 Å². The Morgan fingerprint density at radius 3 is 2.19 bits per heavy atom. The molecule has 1 saturated carbocycles. The molecule has 0 heterocycles. The van der Waals surface area contributed by atoms with Gasteiger partial charge in [-0.05, 0) is 46.8 Å². The van der Waals surface area contributed by atoms with Crippen molar-refractivity contribution in [2.75, 3.05) is 12.8 Å². The third-order valence-corrected chi connectivity index (χ3v) is 5.41. The number of carbonyl (C=O) groups is 1. The summed E-state index contributed by atoms with van der Waals surface area (Å²) < 4.78 is 0.310. The zero-order chi connectivity index (χ0) is 12.6. The van der Waals surface area contributed by atoms with Crippen LogP contribution in [0.1, 0.15) is 40.5 Å². The van der Waals surface area contributed by atoms with Gasteiger partial charge in [0.25, 0.3) is 0 Å². The maximum absolute atomic E-state index is 12.1. The Bertz CT molecular complexity index is 277. The summed E-state index contributed by atoms with van der Waals surface area (Å²) in [6.07, 6.45) is 4.53. The highest BCUT2D eigenvalue weighted by Crippen LogP contribution is 2.46. The second-order valence-electron chi connectivity index (χ2n) is 5.92. The molecule has 1 aliphatic carbocycles. The minimum Gasteiger partial charge on any atom is -0.354 e. The fraction of sp³-hybridized carbons (Fsp3) is 0.917. The molecule has 4 heteroatoms. The summed E-state index contributed by atoms with van der Waals surface area (Å²) in [6, 6.07) is 0. The van der Waals surface area contributed by atoms with E-state index in [1.54, 1.807) is 0 Å². The lowest BCUT2D eigenvalue weighted by Gasteiger charge is -2.37. The van der Waals surface area contributed by atoms with Gasteiger partial charge in [0.15, 0.2) is 0 Å². The van der Waals surface area contributed by atoms with Crippen LogP contribution in [-0.4, -0.2) is 29.0 Å². The van der Waals surface area contributed by atoms with Crippen LogP contribution in [0, 0.1) is 5.41 Å². The summed E-state index contributed by atoms with van der Waals surface area (Å²) in [6.45, 7) is 8.37. The van der Waals surface area contributed by atoms with Crippen LogP contribution in [0.3, 0.4) is 0 Å². The van der Waals surface area contributed by atoms with Gasteiger partial charge in [-0.2, -0.15) is 11.8 Å². The summed E-state index contributed by atoms with van der Waals surface area (Å²) >= 11 is 1.85. The summed E-state index contributed by atoms with van der Waals surface area (Å²) in [5, 5.41) is 3.04. The largest absolute Gasteiger partial charge is 0.354 e. The first-order valence-corrected chi connectivity index (χ1v) is 6.99. The molecule has 0 aromatic rings. The molecule has 0 aromatic carbocycles. The van der Waals surface area contributed by atoms with Gasteiger partial charge in [0, 0.05) is 16.8 Å². The standard InChI is InChI=1S/C12H24N2OS/c1-10(2,11(3,4)13)9(15)14-8-12(16-5)6-7-12/h6-8,13H2,1-5H3,(H,14,15). The molecule has 1 amide bonds. The average Bonchev–Trinajstić information content (AvgIpc) is 2.93. The van der Waals surface area contributed by atoms with Crippen molar-refractivity contribution in [2.45, 2.75) is 50.8 Å². The van der Waals surface area contributed by atoms with Gasteiger partial charge in [-0.25, -0.2) is 0 Å². The van der Waals surface area contributed by atoms with E-state index in [2.05, 4.69) is 11.6 Å². The highest BCUT2D eigenvalue weighted by atomic mass is 32.2. The van der Waals surface area contributed by atoms with Gasteiger partial charge in [-0.15, -0.1) is 0 Å². The SMILES string of the molecule is CSC1(CNC(=O)C(C)(C)C(C)(C)N)CC1. The van der Waals surface area contributed by atoms with E-state index >= 15 is 0 Å². The monoisotopic (exact) mass is 244 g/mol. The Labute approximate surface area is 103 Å². The molecule has 0 aromatic heterocycles. The molecule has 16 heavy (non-hydrogen) atoms. The van der Waals surface area contributed by atoms with Gasteiger partial charge < -0.3 is 11.1 Å². The fourth-order valence-electron chi connectivity index (χ4n) is 1.35. The summed E-state index contributed by atoms with van der Waals surface area (Å²) in [7, 11) is 0. The molecule has 0 aliphatic heterocycles. The average molecular weight is 244 g/mol. The van der Waals surface area contributed by atoms with E-state index in [0.29, 0.717) is 4.75 Å². The Kier molecular flexibility index (Phi) is 3.65. The first-order chi connectivity index (χ1) is 7.15. The number of rotatable bonds is 5. The second kappa shape index (κ2) is 4.22. The van der Waals surface area contributed by atoms with Crippen molar-refractivity contribution in [3.05, 3.63) is 0 Å². The molecule has 0 spiro atoms. The smallest absolute Gasteiger partial charge is 0.227 e. The Morgan fingerprint density at radius 2 is 1.88 bits per heavy atom. The van der Waals surface area contributed by atoms with Crippen LogP contribution in [0.15, 0.2) is 0 Å². The van der Waals surface area contributed by atoms with Crippen LogP contribution in [0.2, 0.25) is 0 Å². The van der Waals surface area contributed by atoms with E-state index < -0.39 is 11.0 Å². The lowest BCUT2D eigenvalue weighted by Crippen LogP contribution is -2.56. The van der Waals surface area contributed by atoms with Crippen LogP contribution in [-0.2, 0) is 4.79 Å². The number of amides is 1. The molecule has 1 aliphatic rings. The first-order valence-electron chi connectivity index (χ1n) is 5.77. The summed E-state index contributed by atoms with van der Waals surface area (Å²) in [5.41, 5.74) is 4.99. The fourth-order valence-corrected chi connectivity index (χ4v) is 2.07. The highest BCUT2D eigenvalue weighted by Gasteiger charge is 2.45. The quantitative estimate of drug-likeness (QED) is 0.775. The van der Waals surface area contributed by atoms with Crippen LogP contribution in [0.4, 0.5) is 0 Å². The molecule has 94 valence electrons. The molecule has 0 radical (unpaired) electrons. The van der Waals surface area contributed by atoms with E-state index in [0.717, 1.165) is 6.54 Å². The number of carbonyl (C=O) groups excluding carboxylic acids is 1. The van der Waals surface area contributed by atoms with Gasteiger partial charge in [0.2, 0.25) is 5.91 Å². The molecule has 0 saturated heterocycles. The van der Waals surface area contributed by atoms with Gasteiger partial charge in [0.05, 0.1) is 5.41 Å². The van der Waals surface area contributed by atoms with Crippen molar-refractivity contribution in [1.29, 1.82) is 0 Å². The predicted molar refractivity (Wildman–Crippen MR) is 70.5 cm³/mol. The van der Waals surface area contributed by atoms with Crippen molar-refractivity contribution >= 4 is 17.7 Å². The predicted octanol–water partition coefficient (Wildman–Crippen LogP) is 1.76. The lowest BCUT2D eigenvalue weighted by atomic mass is 9.74. The zero-order valence-electron chi connectivity index (χ0n) is 11.0. The van der Waals surface area contributed by atoms with E-state index in [1.165, 1.54) is 12.8 Å². The maximum atomic E-state index is 12.1. The first kappa shape index (κ1) is 13.8. The van der Waals surface area contributed by atoms with Crippen LogP contribution < -0.4 is 11.1 Å². The third kappa shape index (κ3) is 2.72. The number of nitrogens with one attached hydrogen (secondary N) is 1. The van der Waals surface area contributed by atoms with E-state index in [4.69, 9.17) is 5.73 Å². The Balaban J connectivity index is 2.52. The second-order valence-corrected chi connectivity index (χ2v) is 7.19. The molecular formula is C12H24N2OS. The van der Waals surface area contributed by atoms with Gasteiger partial charge in [0.1, 0.15) is 0 Å². The molecular weight excluding hydrogens is 220 g/mol. The molecule has 3 N–H and O–H groups in total. The molecule has 1 fully saturated rings. The minimum absolute atomic E-state index is 0.0559. The molecule has 0 atom stereocenters. The van der Waals surface area contributed by atoms with Crippen molar-refractivity contribution in [3.63, 3.8) is 0 Å². The highest BCUT2D eigenvalue weighted by molar-refractivity contribution is 8.00. The van der Waals surface area contributed by atoms with Crippen LogP contribution in [0.25, 0.3) is 0 Å². The van der Waals surface area contributed by atoms with Crippen molar-refractivity contribution in [2.24, 2.45) is 11.1 Å². The van der Waals surface area contributed by atoms with Gasteiger partial charge in [-0.3, -0.25) is 4.79 Å². The van der Waals surface area contributed by atoms with Crippen molar-refractivity contribution < 1.29 is 4.79 Å². The van der Waals surface area contributed by atoms with E-state index in [9.17, 15) is 4.79 Å². The number of hydrogen-bond acceptors (Lipinski definition) is 3. The topological polar surface area (TPSA) is 55.1 Å². The maximum Gasteiger partial charge on any atom is 0.227 e. The Hall–Kier alpha value is -0.220. The third-order valence-electron chi connectivity index (χ3n) is 3.99. The van der Waals surface area contributed by atoms with E-state index in [1.807, 2.05) is 39.5 Å². The normalized spacial score (nSPS) is 19.4. The summed E-state index contributed by atoms with van der Waals surface area (Å²) in [4.78, 5) is 12.1. The Morgan fingerprint density at radius 1 is 1.38 bits per heavy atom. The van der Waals surface area contributed by atoms with Gasteiger partial charge >= 0.3 is 0 Å². The van der Waals surface area contributed by atoms with Crippen LogP contribution in [0.5, 0.6) is 0 Å².